The molecule has 1 saturated heterocycles. The number of carbonyl (C=O) groups excluding carboxylic acids is 1. The van der Waals surface area contributed by atoms with Crippen molar-refractivity contribution >= 4 is 17.5 Å². The minimum absolute atomic E-state index is 0.0739. The highest BCUT2D eigenvalue weighted by Crippen LogP contribution is 2.33. The number of carbonyl (C=O) groups is 1. The standard InChI is InChI=1S/C16H15ClN2O/c17-14-5-3-12(4-6-14)15-2-1-11-19(15)16(20)13-7-9-18-10-8-13/h3-10,15H,1-2,11H2/t15-/m1/s1. The van der Waals surface area contributed by atoms with Gasteiger partial charge in [-0.2, -0.15) is 0 Å². The molecule has 1 aromatic carbocycles. The van der Waals surface area contributed by atoms with Crippen LogP contribution in [0.15, 0.2) is 48.8 Å². The molecule has 1 aliphatic rings. The van der Waals surface area contributed by atoms with Crippen LogP contribution in [0.1, 0.15) is 34.8 Å². The summed E-state index contributed by atoms with van der Waals surface area (Å²) in [5, 5.41) is 0.721. The Balaban J connectivity index is 1.86. The first-order chi connectivity index (χ1) is 9.75. The van der Waals surface area contributed by atoms with E-state index in [0.29, 0.717) is 5.56 Å². The van der Waals surface area contributed by atoms with E-state index in [-0.39, 0.29) is 11.9 Å². The third-order valence-corrected chi connectivity index (χ3v) is 3.95. The van der Waals surface area contributed by atoms with Gasteiger partial charge in [-0.05, 0) is 42.7 Å². The summed E-state index contributed by atoms with van der Waals surface area (Å²) in [6.07, 6.45) is 5.34. The van der Waals surface area contributed by atoms with Gasteiger partial charge in [-0.3, -0.25) is 9.78 Å². The van der Waals surface area contributed by atoms with Crippen molar-refractivity contribution in [3.63, 3.8) is 0 Å². The summed E-state index contributed by atoms with van der Waals surface area (Å²) >= 11 is 5.93. The van der Waals surface area contributed by atoms with Crippen LogP contribution in [-0.4, -0.2) is 22.3 Å². The van der Waals surface area contributed by atoms with Gasteiger partial charge in [-0.15, -0.1) is 0 Å². The average Bonchev–Trinajstić information content (AvgIpc) is 2.97. The molecule has 102 valence electrons. The number of aromatic nitrogens is 1. The van der Waals surface area contributed by atoms with Crippen LogP contribution < -0.4 is 0 Å². The Bertz CT molecular complexity index is 598. The van der Waals surface area contributed by atoms with Gasteiger partial charge in [0.2, 0.25) is 0 Å². The predicted molar refractivity (Wildman–Crippen MR) is 78.7 cm³/mol. The van der Waals surface area contributed by atoms with Gasteiger partial charge in [-0.1, -0.05) is 23.7 Å². The zero-order valence-corrected chi connectivity index (χ0v) is 11.8. The molecule has 1 atom stereocenters. The number of halogens is 1. The van der Waals surface area contributed by atoms with Crippen molar-refractivity contribution in [1.29, 1.82) is 0 Å². The van der Waals surface area contributed by atoms with Crippen molar-refractivity contribution in [2.45, 2.75) is 18.9 Å². The molecule has 0 N–H and O–H groups in total. The second-order valence-corrected chi connectivity index (χ2v) is 5.38. The van der Waals surface area contributed by atoms with E-state index >= 15 is 0 Å². The minimum atomic E-state index is 0.0739. The Hall–Kier alpha value is -1.87. The lowest BCUT2D eigenvalue weighted by Crippen LogP contribution is -2.30. The second kappa shape index (κ2) is 5.63. The summed E-state index contributed by atoms with van der Waals surface area (Å²) in [5.74, 6) is 0.0739. The summed E-state index contributed by atoms with van der Waals surface area (Å²) in [6, 6.07) is 11.4. The molecule has 0 radical (unpaired) electrons. The molecule has 2 heterocycles. The molecular formula is C16H15ClN2O. The number of benzene rings is 1. The molecule has 2 aromatic rings. The first-order valence-corrected chi connectivity index (χ1v) is 7.10. The fourth-order valence-corrected chi connectivity index (χ4v) is 2.83. The summed E-state index contributed by atoms with van der Waals surface area (Å²) in [5.41, 5.74) is 1.84. The minimum Gasteiger partial charge on any atom is -0.332 e. The molecule has 3 nitrogen and oxygen atoms in total. The van der Waals surface area contributed by atoms with E-state index in [1.165, 1.54) is 0 Å². The highest BCUT2D eigenvalue weighted by molar-refractivity contribution is 6.30. The van der Waals surface area contributed by atoms with E-state index in [0.717, 1.165) is 30.0 Å². The fraction of sp³-hybridized carbons (Fsp3) is 0.250. The van der Waals surface area contributed by atoms with Crippen LogP contribution in [0.3, 0.4) is 0 Å². The molecule has 1 fully saturated rings. The third-order valence-electron chi connectivity index (χ3n) is 3.70. The first-order valence-electron chi connectivity index (χ1n) is 6.72. The van der Waals surface area contributed by atoms with Gasteiger partial charge in [0.25, 0.3) is 5.91 Å². The summed E-state index contributed by atoms with van der Waals surface area (Å²) in [7, 11) is 0. The van der Waals surface area contributed by atoms with Gasteiger partial charge in [0.15, 0.2) is 0 Å². The van der Waals surface area contributed by atoms with Crippen LogP contribution >= 0.6 is 11.6 Å². The van der Waals surface area contributed by atoms with Crippen molar-refractivity contribution < 1.29 is 4.79 Å². The number of pyridine rings is 1. The van der Waals surface area contributed by atoms with Crippen molar-refractivity contribution in [3.05, 3.63) is 64.9 Å². The number of hydrogen-bond acceptors (Lipinski definition) is 2. The summed E-state index contributed by atoms with van der Waals surface area (Å²) < 4.78 is 0. The van der Waals surface area contributed by atoms with Gasteiger partial charge < -0.3 is 4.90 Å². The van der Waals surface area contributed by atoms with Crippen LogP contribution in [0, 0.1) is 0 Å². The highest BCUT2D eigenvalue weighted by Gasteiger charge is 2.30. The zero-order valence-electron chi connectivity index (χ0n) is 11.0. The normalized spacial score (nSPS) is 18.2. The molecule has 0 unspecified atom stereocenters. The van der Waals surface area contributed by atoms with Gasteiger partial charge in [0.05, 0.1) is 6.04 Å². The Morgan fingerprint density at radius 1 is 1.15 bits per heavy atom. The molecule has 0 bridgehead atoms. The van der Waals surface area contributed by atoms with Gasteiger partial charge in [0.1, 0.15) is 0 Å². The van der Waals surface area contributed by atoms with Gasteiger partial charge >= 0.3 is 0 Å². The molecule has 1 aliphatic heterocycles. The third kappa shape index (κ3) is 2.54. The van der Waals surface area contributed by atoms with Crippen molar-refractivity contribution in [1.82, 2.24) is 9.88 Å². The molecule has 0 saturated carbocycles. The number of nitrogens with zero attached hydrogens (tertiary/aromatic N) is 2. The smallest absolute Gasteiger partial charge is 0.254 e. The molecule has 4 heteroatoms. The topological polar surface area (TPSA) is 33.2 Å². The monoisotopic (exact) mass is 286 g/mol. The zero-order chi connectivity index (χ0) is 13.9. The quantitative estimate of drug-likeness (QED) is 0.843. The maximum Gasteiger partial charge on any atom is 0.254 e. The lowest BCUT2D eigenvalue weighted by molar-refractivity contribution is 0.0735. The maximum absolute atomic E-state index is 12.6. The van der Waals surface area contributed by atoms with E-state index in [1.54, 1.807) is 24.5 Å². The molecule has 1 aromatic heterocycles. The lowest BCUT2D eigenvalue weighted by Gasteiger charge is -2.25. The van der Waals surface area contributed by atoms with E-state index in [2.05, 4.69) is 4.98 Å². The Kier molecular flexibility index (Phi) is 3.70. The van der Waals surface area contributed by atoms with Gasteiger partial charge in [0, 0.05) is 29.5 Å². The Morgan fingerprint density at radius 3 is 2.55 bits per heavy atom. The molecule has 0 spiro atoms. The summed E-state index contributed by atoms with van der Waals surface area (Å²) in [4.78, 5) is 18.5. The number of amides is 1. The maximum atomic E-state index is 12.6. The summed E-state index contributed by atoms with van der Waals surface area (Å²) in [6.45, 7) is 0.800. The van der Waals surface area contributed by atoms with Crippen molar-refractivity contribution in [2.24, 2.45) is 0 Å². The van der Waals surface area contributed by atoms with Gasteiger partial charge in [-0.25, -0.2) is 0 Å². The highest BCUT2D eigenvalue weighted by atomic mass is 35.5. The first kappa shape index (κ1) is 13.1. The number of likely N-dealkylation sites (tertiary alicyclic amines) is 1. The lowest BCUT2D eigenvalue weighted by atomic mass is 10.0. The largest absolute Gasteiger partial charge is 0.332 e. The van der Waals surface area contributed by atoms with Crippen molar-refractivity contribution in [3.8, 4) is 0 Å². The predicted octanol–water partition coefficient (Wildman–Crippen LogP) is 3.71. The van der Waals surface area contributed by atoms with Crippen LogP contribution in [0.5, 0.6) is 0 Å². The van der Waals surface area contributed by atoms with Crippen LogP contribution in [0.2, 0.25) is 5.02 Å². The molecule has 1 amide bonds. The Morgan fingerprint density at radius 2 is 1.85 bits per heavy atom. The van der Waals surface area contributed by atoms with Crippen molar-refractivity contribution in [2.75, 3.05) is 6.54 Å². The van der Waals surface area contributed by atoms with Crippen LogP contribution in [0.4, 0.5) is 0 Å². The molecule has 0 aliphatic carbocycles. The van der Waals surface area contributed by atoms with Crippen LogP contribution in [-0.2, 0) is 0 Å². The number of hydrogen-bond donors (Lipinski definition) is 0. The second-order valence-electron chi connectivity index (χ2n) is 4.94. The average molecular weight is 287 g/mol. The van der Waals surface area contributed by atoms with Crippen LogP contribution in [0.25, 0.3) is 0 Å². The van der Waals surface area contributed by atoms with E-state index in [1.807, 2.05) is 29.2 Å². The molecule has 3 rings (SSSR count). The van der Waals surface area contributed by atoms with E-state index in [9.17, 15) is 4.79 Å². The molecule has 20 heavy (non-hydrogen) atoms. The molecular weight excluding hydrogens is 272 g/mol. The Labute approximate surface area is 123 Å². The number of rotatable bonds is 2. The van der Waals surface area contributed by atoms with E-state index in [4.69, 9.17) is 11.6 Å². The van der Waals surface area contributed by atoms with E-state index < -0.39 is 0 Å². The fourth-order valence-electron chi connectivity index (χ4n) is 2.70. The SMILES string of the molecule is O=C(c1ccncc1)N1CCC[C@@H]1c1ccc(Cl)cc1.